The maximum absolute atomic E-state index is 6.21. The fourth-order valence-corrected chi connectivity index (χ4v) is 3.86. The molecule has 1 rings (SSSR count). The second kappa shape index (κ2) is 5.68. The molecule has 0 amide bonds. The molecule has 1 aliphatic heterocycles. The van der Waals surface area contributed by atoms with Crippen LogP contribution in [0, 0.1) is 5.92 Å². The Bertz CT molecular complexity index is 290. The second-order valence-corrected chi connectivity index (χ2v) is 6.90. The third kappa shape index (κ3) is 3.13. The van der Waals surface area contributed by atoms with Gasteiger partial charge in [-0.05, 0) is 47.0 Å². The first-order valence-corrected chi connectivity index (χ1v) is 7.39. The Morgan fingerprint density at radius 1 is 1.32 bits per heavy atom. The van der Waals surface area contributed by atoms with Crippen LogP contribution in [-0.2, 0) is 9.47 Å². The molecule has 1 heterocycles. The van der Waals surface area contributed by atoms with Crippen LogP contribution in [0.5, 0.6) is 0 Å². The van der Waals surface area contributed by atoms with Gasteiger partial charge in [0.15, 0.2) is 0 Å². The number of ether oxygens (including phenoxy) is 2. The van der Waals surface area contributed by atoms with E-state index in [1.165, 1.54) is 0 Å². The SMILES string of the molecule is CCC(CC)(OC)C(NN)C1CC(C)(C)OC1(C)C. The van der Waals surface area contributed by atoms with Crippen molar-refractivity contribution < 1.29 is 9.47 Å². The van der Waals surface area contributed by atoms with E-state index in [1.54, 1.807) is 7.11 Å². The van der Waals surface area contributed by atoms with Crippen molar-refractivity contribution in [2.45, 2.75) is 83.6 Å². The van der Waals surface area contributed by atoms with Crippen molar-refractivity contribution in [2.75, 3.05) is 7.11 Å². The molecule has 0 aromatic carbocycles. The van der Waals surface area contributed by atoms with Crippen molar-refractivity contribution in [3.63, 3.8) is 0 Å². The number of nitrogens with one attached hydrogen (secondary N) is 1. The van der Waals surface area contributed by atoms with Gasteiger partial charge < -0.3 is 9.47 Å². The summed E-state index contributed by atoms with van der Waals surface area (Å²) in [6, 6.07) is 0.0873. The maximum atomic E-state index is 6.21. The van der Waals surface area contributed by atoms with Gasteiger partial charge in [-0.25, -0.2) is 0 Å². The minimum Gasteiger partial charge on any atom is -0.377 e. The van der Waals surface area contributed by atoms with E-state index in [2.05, 4.69) is 47.0 Å². The molecule has 0 saturated carbocycles. The average Bonchev–Trinajstić information content (AvgIpc) is 2.54. The van der Waals surface area contributed by atoms with Gasteiger partial charge in [0.1, 0.15) is 0 Å². The first kappa shape index (κ1) is 16.9. The Morgan fingerprint density at radius 3 is 2.11 bits per heavy atom. The van der Waals surface area contributed by atoms with Gasteiger partial charge in [0.05, 0.1) is 22.8 Å². The summed E-state index contributed by atoms with van der Waals surface area (Å²) in [6.45, 7) is 12.9. The van der Waals surface area contributed by atoms with E-state index in [9.17, 15) is 0 Å². The van der Waals surface area contributed by atoms with Gasteiger partial charge in [0.2, 0.25) is 0 Å². The number of rotatable bonds is 6. The molecule has 1 fully saturated rings. The van der Waals surface area contributed by atoms with Crippen LogP contribution in [-0.4, -0.2) is 30.0 Å². The Balaban J connectivity index is 3.09. The van der Waals surface area contributed by atoms with E-state index in [1.807, 2.05) is 0 Å². The van der Waals surface area contributed by atoms with Crippen LogP contribution in [0.15, 0.2) is 0 Å². The predicted octanol–water partition coefficient (Wildman–Crippen LogP) is 2.62. The van der Waals surface area contributed by atoms with Gasteiger partial charge >= 0.3 is 0 Å². The zero-order valence-corrected chi connectivity index (χ0v) is 13.7. The lowest BCUT2D eigenvalue weighted by atomic mass is 9.73. The Hall–Kier alpha value is -0.160. The summed E-state index contributed by atoms with van der Waals surface area (Å²) in [4.78, 5) is 0. The van der Waals surface area contributed by atoms with Crippen molar-refractivity contribution in [3.8, 4) is 0 Å². The third-order valence-corrected chi connectivity index (χ3v) is 4.90. The molecule has 114 valence electrons. The molecule has 0 radical (unpaired) electrons. The topological polar surface area (TPSA) is 56.5 Å². The molecular weight excluding hydrogens is 240 g/mol. The molecule has 0 aliphatic carbocycles. The van der Waals surface area contributed by atoms with Crippen LogP contribution in [0.25, 0.3) is 0 Å². The smallest absolute Gasteiger partial charge is 0.0842 e. The molecule has 1 aliphatic rings. The summed E-state index contributed by atoms with van der Waals surface area (Å²) in [7, 11) is 1.78. The Morgan fingerprint density at radius 2 is 1.84 bits per heavy atom. The molecule has 0 aromatic heterocycles. The highest BCUT2D eigenvalue weighted by Crippen LogP contribution is 2.46. The number of hydrogen-bond acceptors (Lipinski definition) is 4. The van der Waals surface area contributed by atoms with Crippen molar-refractivity contribution in [1.82, 2.24) is 5.43 Å². The molecule has 3 N–H and O–H groups in total. The van der Waals surface area contributed by atoms with Gasteiger partial charge in [-0.3, -0.25) is 11.3 Å². The first-order chi connectivity index (χ1) is 8.68. The van der Waals surface area contributed by atoms with Gasteiger partial charge in [-0.2, -0.15) is 0 Å². The highest BCUT2D eigenvalue weighted by molar-refractivity contribution is 5.05. The summed E-state index contributed by atoms with van der Waals surface area (Å²) < 4.78 is 12.1. The molecule has 1 saturated heterocycles. The molecular formula is C15H32N2O2. The van der Waals surface area contributed by atoms with Crippen LogP contribution in [0.1, 0.15) is 60.8 Å². The molecule has 2 atom stereocenters. The number of hydrogen-bond donors (Lipinski definition) is 2. The van der Waals surface area contributed by atoms with Crippen molar-refractivity contribution >= 4 is 0 Å². The molecule has 0 bridgehead atoms. The number of nitrogens with two attached hydrogens (primary N) is 1. The highest BCUT2D eigenvalue weighted by Gasteiger charge is 2.53. The monoisotopic (exact) mass is 272 g/mol. The normalized spacial score (nSPS) is 27.5. The van der Waals surface area contributed by atoms with Crippen molar-refractivity contribution in [1.29, 1.82) is 0 Å². The van der Waals surface area contributed by atoms with E-state index >= 15 is 0 Å². The van der Waals surface area contributed by atoms with E-state index in [0.717, 1.165) is 19.3 Å². The van der Waals surface area contributed by atoms with Crippen molar-refractivity contribution in [3.05, 3.63) is 0 Å². The van der Waals surface area contributed by atoms with Gasteiger partial charge in [-0.1, -0.05) is 13.8 Å². The van der Waals surface area contributed by atoms with Crippen LogP contribution in [0.3, 0.4) is 0 Å². The van der Waals surface area contributed by atoms with Crippen LogP contribution in [0.4, 0.5) is 0 Å². The molecule has 4 heteroatoms. The maximum Gasteiger partial charge on any atom is 0.0842 e. The van der Waals surface area contributed by atoms with Gasteiger partial charge in [0, 0.05) is 13.0 Å². The molecule has 0 spiro atoms. The minimum atomic E-state index is -0.236. The fourth-order valence-electron chi connectivity index (χ4n) is 3.86. The average molecular weight is 272 g/mol. The third-order valence-electron chi connectivity index (χ3n) is 4.90. The highest BCUT2D eigenvalue weighted by atomic mass is 16.5. The van der Waals surface area contributed by atoms with Crippen LogP contribution >= 0.6 is 0 Å². The number of methoxy groups -OCH3 is 1. The molecule has 0 aromatic rings. The summed E-state index contributed by atoms with van der Waals surface area (Å²) in [5, 5.41) is 0. The fraction of sp³-hybridized carbons (Fsp3) is 1.00. The summed E-state index contributed by atoms with van der Waals surface area (Å²) in [5.41, 5.74) is 2.48. The lowest BCUT2D eigenvalue weighted by Crippen LogP contribution is -2.60. The zero-order valence-electron chi connectivity index (χ0n) is 13.7. The largest absolute Gasteiger partial charge is 0.377 e. The van der Waals surface area contributed by atoms with Gasteiger partial charge in [-0.15, -0.1) is 0 Å². The van der Waals surface area contributed by atoms with E-state index in [0.29, 0.717) is 5.92 Å². The van der Waals surface area contributed by atoms with Gasteiger partial charge in [0.25, 0.3) is 0 Å². The summed E-state index contributed by atoms with van der Waals surface area (Å²) in [6.07, 6.45) is 2.85. The summed E-state index contributed by atoms with van der Waals surface area (Å²) >= 11 is 0. The van der Waals surface area contributed by atoms with Crippen LogP contribution in [0.2, 0.25) is 0 Å². The standard InChI is InChI=1S/C15H32N2O2/c1-8-15(9-2,18-7)12(17-16)11-10-13(3,4)19-14(11,5)6/h11-12,17H,8-10,16H2,1-7H3. The molecule has 19 heavy (non-hydrogen) atoms. The molecule has 2 unspecified atom stereocenters. The zero-order chi connectivity index (χ0) is 14.9. The van der Waals surface area contributed by atoms with Crippen LogP contribution < -0.4 is 11.3 Å². The Labute approximate surface area is 118 Å². The van der Waals surface area contributed by atoms with E-state index in [-0.39, 0.29) is 22.8 Å². The minimum absolute atomic E-state index is 0.0873. The van der Waals surface area contributed by atoms with E-state index < -0.39 is 0 Å². The molecule has 4 nitrogen and oxygen atoms in total. The predicted molar refractivity (Wildman–Crippen MR) is 78.8 cm³/mol. The van der Waals surface area contributed by atoms with Crippen molar-refractivity contribution in [2.24, 2.45) is 11.8 Å². The lowest BCUT2D eigenvalue weighted by molar-refractivity contribution is -0.106. The quantitative estimate of drug-likeness (QED) is 0.576. The lowest BCUT2D eigenvalue weighted by Gasteiger charge is -2.44. The first-order valence-electron chi connectivity index (χ1n) is 7.39. The Kier molecular flexibility index (Phi) is 5.05. The number of hydrazine groups is 1. The summed E-state index contributed by atoms with van der Waals surface area (Å²) in [5.74, 6) is 6.22. The van der Waals surface area contributed by atoms with E-state index in [4.69, 9.17) is 15.3 Å². The second-order valence-electron chi connectivity index (χ2n) is 6.90.